The molecule has 2 aromatic carbocycles. The topological polar surface area (TPSA) is 35.5 Å². The third-order valence-corrected chi connectivity index (χ3v) is 5.37. The van der Waals surface area contributed by atoms with E-state index in [-0.39, 0.29) is 11.9 Å². The third kappa shape index (κ3) is 2.41. The van der Waals surface area contributed by atoms with Crippen molar-refractivity contribution in [3.63, 3.8) is 0 Å². The Hall–Kier alpha value is -1.81. The minimum absolute atomic E-state index is 0.0516. The summed E-state index contributed by atoms with van der Waals surface area (Å²) in [6, 6.07) is 9.76. The van der Waals surface area contributed by atoms with Gasteiger partial charge in [-0.15, -0.1) is 0 Å². The van der Waals surface area contributed by atoms with E-state index in [1.165, 1.54) is 0 Å². The maximum Gasteiger partial charge on any atom is 0.312 e. The molecule has 1 aliphatic rings. The molecule has 0 radical (unpaired) electrons. The lowest BCUT2D eigenvalue weighted by Gasteiger charge is -2.28. The normalized spacial score (nSPS) is 16.9. The highest BCUT2D eigenvalue weighted by Crippen LogP contribution is 2.46. The Labute approximate surface area is 138 Å². The molecule has 0 aliphatic carbocycles. The number of benzene rings is 2. The summed E-state index contributed by atoms with van der Waals surface area (Å²) >= 11 is 3.64. The molecular formula is C18H17BrO3. The van der Waals surface area contributed by atoms with E-state index in [0.717, 1.165) is 32.5 Å². The molecule has 0 amide bonds. The molecule has 3 nitrogen and oxygen atoms in total. The third-order valence-electron chi connectivity index (χ3n) is 4.15. The van der Waals surface area contributed by atoms with Crippen molar-refractivity contribution in [3.05, 3.63) is 57.1 Å². The maximum atomic E-state index is 12.0. The SMILES string of the molecule is COc1ccccc1C1CC(=O)Oc2cc(C)c(Br)c(C)c21. The van der Waals surface area contributed by atoms with Gasteiger partial charge in [0.1, 0.15) is 11.5 Å². The van der Waals surface area contributed by atoms with Gasteiger partial charge in [-0.3, -0.25) is 4.79 Å². The fraction of sp³-hybridized carbons (Fsp3) is 0.278. The Bertz CT molecular complexity index is 752. The van der Waals surface area contributed by atoms with Crippen molar-refractivity contribution in [2.45, 2.75) is 26.2 Å². The summed E-state index contributed by atoms with van der Waals surface area (Å²) in [5.74, 6) is 1.20. The molecule has 0 fully saturated rings. The zero-order valence-corrected chi connectivity index (χ0v) is 14.4. The van der Waals surface area contributed by atoms with Crippen LogP contribution >= 0.6 is 15.9 Å². The lowest BCUT2D eigenvalue weighted by atomic mass is 9.83. The van der Waals surface area contributed by atoms with Gasteiger partial charge in [-0.1, -0.05) is 34.1 Å². The van der Waals surface area contributed by atoms with E-state index in [0.29, 0.717) is 12.2 Å². The van der Waals surface area contributed by atoms with Crippen LogP contribution < -0.4 is 9.47 Å². The molecule has 0 spiro atoms. The van der Waals surface area contributed by atoms with Crippen molar-refractivity contribution in [1.29, 1.82) is 0 Å². The van der Waals surface area contributed by atoms with E-state index in [1.54, 1.807) is 7.11 Å². The Balaban J connectivity index is 2.24. The van der Waals surface area contributed by atoms with Crippen molar-refractivity contribution in [1.82, 2.24) is 0 Å². The van der Waals surface area contributed by atoms with Crippen LogP contribution in [-0.2, 0) is 4.79 Å². The summed E-state index contributed by atoms with van der Waals surface area (Å²) < 4.78 is 12.0. The molecular weight excluding hydrogens is 344 g/mol. The highest BCUT2D eigenvalue weighted by Gasteiger charge is 2.32. The number of aryl methyl sites for hydroxylation is 1. The summed E-state index contributed by atoms with van der Waals surface area (Å²) in [5.41, 5.74) is 4.24. The molecule has 1 atom stereocenters. The quantitative estimate of drug-likeness (QED) is 0.583. The zero-order valence-electron chi connectivity index (χ0n) is 12.8. The molecule has 0 aromatic heterocycles. The van der Waals surface area contributed by atoms with E-state index in [2.05, 4.69) is 22.9 Å². The van der Waals surface area contributed by atoms with Crippen LogP contribution in [0.1, 0.15) is 34.6 Å². The van der Waals surface area contributed by atoms with Crippen LogP contribution in [0.25, 0.3) is 0 Å². The lowest BCUT2D eigenvalue weighted by molar-refractivity contribution is -0.135. The van der Waals surface area contributed by atoms with Crippen molar-refractivity contribution < 1.29 is 14.3 Å². The lowest BCUT2D eigenvalue weighted by Crippen LogP contribution is -2.22. The average Bonchev–Trinajstić information content (AvgIpc) is 2.51. The van der Waals surface area contributed by atoms with Gasteiger partial charge in [-0.05, 0) is 37.1 Å². The second-order valence-electron chi connectivity index (χ2n) is 5.52. The van der Waals surface area contributed by atoms with Crippen LogP contribution in [0.15, 0.2) is 34.8 Å². The smallest absolute Gasteiger partial charge is 0.312 e. The van der Waals surface area contributed by atoms with E-state index < -0.39 is 0 Å². The Kier molecular flexibility index (Phi) is 3.96. The Morgan fingerprint density at radius 1 is 1.27 bits per heavy atom. The first kappa shape index (κ1) is 15.1. The summed E-state index contributed by atoms with van der Waals surface area (Å²) in [4.78, 5) is 12.0. The molecule has 0 saturated heterocycles. The number of hydrogen-bond donors (Lipinski definition) is 0. The van der Waals surface area contributed by atoms with Gasteiger partial charge >= 0.3 is 5.97 Å². The van der Waals surface area contributed by atoms with Gasteiger partial charge in [-0.2, -0.15) is 0 Å². The first-order valence-electron chi connectivity index (χ1n) is 7.16. The molecule has 1 unspecified atom stereocenters. The summed E-state index contributed by atoms with van der Waals surface area (Å²) in [6.07, 6.45) is 0.323. The van der Waals surface area contributed by atoms with Crippen molar-refractivity contribution in [2.24, 2.45) is 0 Å². The number of hydrogen-bond acceptors (Lipinski definition) is 3. The average molecular weight is 361 g/mol. The van der Waals surface area contributed by atoms with Gasteiger partial charge in [0, 0.05) is 21.5 Å². The molecule has 1 heterocycles. The predicted molar refractivity (Wildman–Crippen MR) is 88.7 cm³/mol. The number of carbonyl (C=O) groups excluding carboxylic acids is 1. The van der Waals surface area contributed by atoms with Crippen LogP contribution in [0, 0.1) is 13.8 Å². The van der Waals surface area contributed by atoms with Crippen molar-refractivity contribution in [2.75, 3.05) is 7.11 Å². The number of rotatable bonds is 2. The molecule has 0 saturated carbocycles. The number of esters is 1. The second-order valence-corrected chi connectivity index (χ2v) is 6.31. The largest absolute Gasteiger partial charge is 0.496 e. The Morgan fingerprint density at radius 3 is 2.73 bits per heavy atom. The summed E-state index contributed by atoms with van der Waals surface area (Å²) in [5, 5.41) is 0. The Morgan fingerprint density at radius 2 is 2.00 bits per heavy atom. The minimum Gasteiger partial charge on any atom is -0.496 e. The highest BCUT2D eigenvalue weighted by molar-refractivity contribution is 9.10. The maximum absolute atomic E-state index is 12.0. The summed E-state index contributed by atoms with van der Waals surface area (Å²) in [6.45, 7) is 4.05. The van der Waals surface area contributed by atoms with Gasteiger partial charge in [0.25, 0.3) is 0 Å². The van der Waals surface area contributed by atoms with Crippen LogP contribution in [0.3, 0.4) is 0 Å². The van der Waals surface area contributed by atoms with Crippen molar-refractivity contribution >= 4 is 21.9 Å². The summed E-state index contributed by atoms with van der Waals surface area (Å²) in [7, 11) is 1.65. The molecule has 3 rings (SSSR count). The van der Waals surface area contributed by atoms with E-state index >= 15 is 0 Å². The van der Waals surface area contributed by atoms with Gasteiger partial charge in [0.15, 0.2) is 0 Å². The second kappa shape index (κ2) is 5.76. The molecule has 0 bridgehead atoms. The van der Waals surface area contributed by atoms with Gasteiger partial charge < -0.3 is 9.47 Å². The molecule has 4 heteroatoms. The molecule has 1 aliphatic heterocycles. The number of carbonyl (C=O) groups is 1. The van der Waals surface area contributed by atoms with Gasteiger partial charge in [0.2, 0.25) is 0 Å². The fourth-order valence-electron chi connectivity index (χ4n) is 3.11. The molecule has 114 valence electrons. The van der Waals surface area contributed by atoms with E-state index in [1.807, 2.05) is 37.3 Å². The standard InChI is InChI=1S/C18H17BrO3/c1-10-8-15-17(11(2)18(10)19)13(9-16(20)22-15)12-6-4-5-7-14(12)21-3/h4-8,13H,9H2,1-3H3. The number of halogens is 1. The van der Waals surface area contributed by atoms with Crippen LogP contribution in [0.5, 0.6) is 11.5 Å². The molecule has 0 N–H and O–H groups in total. The first-order chi connectivity index (χ1) is 10.5. The first-order valence-corrected chi connectivity index (χ1v) is 7.95. The number of ether oxygens (including phenoxy) is 2. The predicted octanol–water partition coefficient (Wildman–Crippen LogP) is 4.52. The van der Waals surface area contributed by atoms with E-state index in [4.69, 9.17) is 9.47 Å². The van der Waals surface area contributed by atoms with Crippen LogP contribution in [-0.4, -0.2) is 13.1 Å². The monoisotopic (exact) mass is 360 g/mol. The highest BCUT2D eigenvalue weighted by atomic mass is 79.9. The van der Waals surface area contributed by atoms with Gasteiger partial charge in [-0.25, -0.2) is 0 Å². The van der Waals surface area contributed by atoms with E-state index in [9.17, 15) is 4.79 Å². The number of fused-ring (bicyclic) bond motifs is 1. The number of methoxy groups -OCH3 is 1. The number of para-hydroxylation sites is 1. The van der Waals surface area contributed by atoms with Crippen LogP contribution in [0.4, 0.5) is 0 Å². The molecule has 2 aromatic rings. The van der Waals surface area contributed by atoms with Crippen molar-refractivity contribution in [3.8, 4) is 11.5 Å². The zero-order chi connectivity index (χ0) is 15.9. The fourth-order valence-corrected chi connectivity index (χ4v) is 3.43. The molecule has 22 heavy (non-hydrogen) atoms. The van der Waals surface area contributed by atoms with Crippen LogP contribution in [0.2, 0.25) is 0 Å². The minimum atomic E-state index is -0.204. The van der Waals surface area contributed by atoms with Gasteiger partial charge in [0.05, 0.1) is 13.5 Å².